The van der Waals surface area contributed by atoms with Gasteiger partial charge in [0, 0.05) is 56.6 Å². The van der Waals surface area contributed by atoms with Crippen molar-refractivity contribution < 1.29 is 13.8 Å². The van der Waals surface area contributed by atoms with E-state index in [1.807, 2.05) is 6.07 Å². The Kier molecular flexibility index (Phi) is 3.49. The summed E-state index contributed by atoms with van der Waals surface area (Å²) in [6.45, 7) is 0. The van der Waals surface area contributed by atoms with Crippen LogP contribution in [0.3, 0.4) is 0 Å². The van der Waals surface area contributed by atoms with Gasteiger partial charge in [-0.15, -0.1) is 0 Å². The van der Waals surface area contributed by atoms with E-state index < -0.39 is 10.8 Å². The molecule has 2 N–H and O–H groups in total. The predicted molar refractivity (Wildman–Crippen MR) is 93.3 cm³/mol. The average Bonchev–Trinajstić information content (AvgIpc) is 3.09. The van der Waals surface area contributed by atoms with Gasteiger partial charge in [0.15, 0.2) is 5.78 Å². The first-order valence-corrected chi connectivity index (χ1v) is 9.35. The van der Waals surface area contributed by atoms with Gasteiger partial charge in [0.25, 0.3) is 5.91 Å². The molecular formula is C18H16N2O3S. The zero-order chi connectivity index (χ0) is 16.8. The van der Waals surface area contributed by atoms with Crippen molar-refractivity contribution in [1.82, 2.24) is 4.98 Å². The molecule has 1 aromatic carbocycles. The molecule has 1 aromatic heterocycles. The lowest BCUT2D eigenvalue weighted by molar-refractivity contribution is -0.110. The fraction of sp³-hybridized carbons (Fsp3) is 0.222. The first-order chi connectivity index (χ1) is 11.5. The van der Waals surface area contributed by atoms with Gasteiger partial charge in [0.1, 0.15) is 0 Å². The molecule has 0 saturated heterocycles. The van der Waals surface area contributed by atoms with E-state index in [9.17, 15) is 13.8 Å². The Morgan fingerprint density at radius 1 is 1.12 bits per heavy atom. The van der Waals surface area contributed by atoms with Crippen molar-refractivity contribution in [2.45, 2.75) is 24.2 Å². The van der Waals surface area contributed by atoms with Gasteiger partial charge in [0.2, 0.25) is 0 Å². The van der Waals surface area contributed by atoms with Gasteiger partial charge in [-0.3, -0.25) is 13.8 Å². The highest BCUT2D eigenvalue weighted by molar-refractivity contribution is 7.84. The number of aryl methyl sites for hydroxylation is 1. The number of fused-ring (bicyclic) bond motifs is 2. The second-order valence-corrected chi connectivity index (χ2v) is 7.45. The van der Waals surface area contributed by atoms with Crippen LogP contribution in [-0.4, -0.2) is 27.1 Å². The van der Waals surface area contributed by atoms with E-state index in [1.54, 1.807) is 30.5 Å². The third kappa shape index (κ3) is 2.43. The maximum Gasteiger partial charge on any atom is 0.256 e. The number of rotatable bonds is 2. The van der Waals surface area contributed by atoms with E-state index in [-0.39, 0.29) is 11.7 Å². The Bertz CT molecular complexity index is 940. The molecule has 1 amide bonds. The second-order valence-electron chi connectivity index (χ2n) is 6.07. The first kappa shape index (κ1) is 15.1. The summed E-state index contributed by atoms with van der Waals surface area (Å²) in [4.78, 5) is 28.2. The molecule has 4 rings (SSSR count). The van der Waals surface area contributed by atoms with Gasteiger partial charge in [-0.2, -0.15) is 0 Å². The molecule has 2 aromatic rings. The molecular weight excluding hydrogens is 324 g/mol. The van der Waals surface area contributed by atoms with Crippen LogP contribution in [0.15, 0.2) is 29.2 Å². The minimum Gasteiger partial charge on any atom is -0.358 e. The molecule has 2 heterocycles. The van der Waals surface area contributed by atoms with Crippen molar-refractivity contribution in [1.29, 1.82) is 0 Å². The number of benzene rings is 1. The Labute approximate surface area is 141 Å². The zero-order valence-corrected chi connectivity index (χ0v) is 14.0. The fourth-order valence-corrected chi connectivity index (χ4v) is 3.79. The van der Waals surface area contributed by atoms with Crippen molar-refractivity contribution in [3.63, 3.8) is 0 Å². The molecule has 1 unspecified atom stereocenters. The number of aromatic nitrogens is 1. The summed E-state index contributed by atoms with van der Waals surface area (Å²) in [5.74, 6) is -0.0416. The molecule has 0 bridgehead atoms. The minimum absolute atomic E-state index is 0.150. The topological polar surface area (TPSA) is 79.0 Å². The normalized spacial score (nSPS) is 19.1. The first-order valence-electron chi connectivity index (χ1n) is 7.79. The van der Waals surface area contributed by atoms with Crippen LogP contribution in [0, 0.1) is 0 Å². The highest BCUT2D eigenvalue weighted by atomic mass is 32.2. The Morgan fingerprint density at radius 2 is 1.96 bits per heavy atom. The molecule has 24 heavy (non-hydrogen) atoms. The van der Waals surface area contributed by atoms with E-state index in [0.29, 0.717) is 22.6 Å². The van der Waals surface area contributed by atoms with Crippen LogP contribution in [0.25, 0.3) is 11.6 Å². The van der Waals surface area contributed by atoms with Crippen LogP contribution in [0.1, 0.15) is 40.2 Å². The maximum absolute atomic E-state index is 12.3. The molecule has 6 heteroatoms. The van der Waals surface area contributed by atoms with E-state index in [4.69, 9.17) is 0 Å². The summed E-state index contributed by atoms with van der Waals surface area (Å²) in [5.41, 5.74) is 4.40. The lowest BCUT2D eigenvalue weighted by Crippen LogP contribution is -2.08. The molecule has 1 aliphatic heterocycles. The average molecular weight is 340 g/mol. The minimum atomic E-state index is -1.11. The molecule has 0 spiro atoms. The molecule has 1 aliphatic carbocycles. The van der Waals surface area contributed by atoms with E-state index in [2.05, 4.69) is 10.3 Å². The molecule has 122 valence electrons. The summed E-state index contributed by atoms with van der Waals surface area (Å²) >= 11 is 0. The number of anilines is 1. The van der Waals surface area contributed by atoms with Crippen molar-refractivity contribution >= 4 is 39.8 Å². The van der Waals surface area contributed by atoms with Crippen molar-refractivity contribution in [3.8, 4) is 0 Å². The largest absolute Gasteiger partial charge is 0.358 e. The van der Waals surface area contributed by atoms with Crippen LogP contribution < -0.4 is 5.32 Å². The number of carbonyl (C=O) groups excluding carboxylic acids is 2. The Hall–Kier alpha value is -2.47. The highest BCUT2D eigenvalue weighted by Gasteiger charge is 2.26. The quantitative estimate of drug-likeness (QED) is 0.825. The monoisotopic (exact) mass is 340 g/mol. The van der Waals surface area contributed by atoms with Gasteiger partial charge in [-0.1, -0.05) is 0 Å². The summed E-state index contributed by atoms with van der Waals surface area (Å²) in [6.07, 6.45) is 5.66. The summed E-state index contributed by atoms with van der Waals surface area (Å²) < 4.78 is 11.7. The summed E-state index contributed by atoms with van der Waals surface area (Å²) in [6, 6.07) is 7.12. The van der Waals surface area contributed by atoms with Gasteiger partial charge >= 0.3 is 0 Å². The number of amides is 1. The third-order valence-corrected chi connectivity index (χ3v) is 5.37. The predicted octanol–water partition coefficient (Wildman–Crippen LogP) is 2.76. The van der Waals surface area contributed by atoms with Crippen LogP contribution in [-0.2, 0) is 22.0 Å². The molecule has 0 saturated carbocycles. The molecule has 1 atom stereocenters. The third-order valence-electron chi connectivity index (χ3n) is 4.46. The van der Waals surface area contributed by atoms with Crippen molar-refractivity contribution in [2.75, 3.05) is 11.6 Å². The lowest BCUT2D eigenvalue weighted by atomic mass is 9.97. The fourth-order valence-electron chi connectivity index (χ4n) is 3.25. The number of H-pyrrole nitrogens is 1. The number of hydrogen-bond acceptors (Lipinski definition) is 3. The Balaban J connectivity index is 1.79. The van der Waals surface area contributed by atoms with Crippen molar-refractivity contribution in [2.24, 2.45) is 0 Å². The number of carbonyl (C=O) groups is 2. The zero-order valence-electron chi connectivity index (χ0n) is 13.1. The van der Waals surface area contributed by atoms with E-state index >= 15 is 0 Å². The molecule has 0 radical (unpaired) electrons. The Morgan fingerprint density at radius 3 is 2.71 bits per heavy atom. The smallest absolute Gasteiger partial charge is 0.256 e. The number of nitrogens with one attached hydrogen (secondary N) is 2. The van der Waals surface area contributed by atoms with Crippen LogP contribution in [0.4, 0.5) is 5.69 Å². The lowest BCUT2D eigenvalue weighted by Gasteiger charge is -2.08. The summed E-state index contributed by atoms with van der Waals surface area (Å²) in [5, 5.41) is 2.82. The van der Waals surface area contributed by atoms with E-state index in [0.717, 1.165) is 35.4 Å². The maximum atomic E-state index is 12.3. The van der Waals surface area contributed by atoms with Gasteiger partial charge < -0.3 is 10.3 Å². The molecule has 0 fully saturated rings. The van der Waals surface area contributed by atoms with Gasteiger partial charge in [-0.05, 0) is 43.2 Å². The highest BCUT2D eigenvalue weighted by Crippen LogP contribution is 2.35. The SMILES string of the molecule is CS(=O)c1ccc2c(c1)C(=Cc1cc3c([nH]1)CCCC3=O)C(=O)N2. The summed E-state index contributed by atoms with van der Waals surface area (Å²) in [7, 11) is -1.11. The van der Waals surface area contributed by atoms with Crippen LogP contribution >= 0.6 is 0 Å². The van der Waals surface area contributed by atoms with E-state index in [1.165, 1.54) is 0 Å². The van der Waals surface area contributed by atoms with Crippen LogP contribution in [0.2, 0.25) is 0 Å². The number of ketones is 1. The molecule has 5 nitrogen and oxygen atoms in total. The van der Waals surface area contributed by atoms with Crippen LogP contribution in [0.5, 0.6) is 0 Å². The van der Waals surface area contributed by atoms with Gasteiger partial charge in [-0.25, -0.2) is 0 Å². The number of Topliss-reactive ketones (excluding diaryl/α,β-unsaturated/α-hetero) is 1. The number of hydrogen-bond donors (Lipinski definition) is 2. The molecule has 2 aliphatic rings. The van der Waals surface area contributed by atoms with Gasteiger partial charge in [0.05, 0.1) is 5.57 Å². The second kappa shape index (κ2) is 5.56. The standard InChI is InChI=1S/C18H16N2O3S/c1-24(23)11-5-6-16-12(9-11)13(18(22)20-16)7-10-8-14-15(19-10)3-2-4-17(14)21/h5-9,19H,2-4H2,1H3,(H,20,22). The number of aromatic amines is 1. The van der Waals surface area contributed by atoms with Crippen molar-refractivity contribution in [3.05, 3.63) is 46.8 Å².